The summed E-state index contributed by atoms with van der Waals surface area (Å²) in [4.78, 5) is 16.2. The standard InChI is InChI=1S/C15H17N3O2S/c1-9-7-17-13(11(3)15(9)18(19)20)8-21-14-6-4-5-12(16)10(14)2/h4-7H,8,16H2,1-3H3. The van der Waals surface area contributed by atoms with E-state index in [1.165, 1.54) is 0 Å². The lowest BCUT2D eigenvalue weighted by atomic mass is 10.1. The van der Waals surface area contributed by atoms with Gasteiger partial charge in [0.1, 0.15) is 0 Å². The van der Waals surface area contributed by atoms with Gasteiger partial charge >= 0.3 is 0 Å². The molecule has 0 fully saturated rings. The van der Waals surface area contributed by atoms with Crippen LogP contribution in [0.3, 0.4) is 0 Å². The maximum absolute atomic E-state index is 11.1. The molecule has 0 saturated carbocycles. The topological polar surface area (TPSA) is 82.0 Å². The number of nitro groups is 1. The molecule has 0 aliphatic carbocycles. The minimum atomic E-state index is -0.341. The maximum atomic E-state index is 11.1. The monoisotopic (exact) mass is 303 g/mol. The quantitative estimate of drug-likeness (QED) is 0.402. The van der Waals surface area contributed by atoms with Crippen molar-refractivity contribution in [3.05, 3.63) is 56.9 Å². The normalized spacial score (nSPS) is 10.6. The number of thioether (sulfide) groups is 1. The van der Waals surface area contributed by atoms with E-state index in [0.717, 1.165) is 21.8 Å². The number of nitrogen functional groups attached to an aromatic ring is 1. The Morgan fingerprint density at radius 3 is 2.67 bits per heavy atom. The Kier molecular flexibility index (Phi) is 4.47. The zero-order valence-corrected chi connectivity index (χ0v) is 13.0. The van der Waals surface area contributed by atoms with Crippen LogP contribution in [-0.4, -0.2) is 9.91 Å². The van der Waals surface area contributed by atoms with Crippen molar-refractivity contribution in [3.8, 4) is 0 Å². The number of nitrogens with two attached hydrogens (primary N) is 1. The van der Waals surface area contributed by atoms with Gasteiger partial charge in [0.2, 0.25) is 0 Å². The summed E-state index contributed by atoms with van der Waals surface area (Å²) >= 11 is 1.59. The van der Waals surface area contributed by atoms with Crippen LogP contribution in [0.1, 0.15) is 22.4 Å². The number of anilines is 1. The van der Waals surface area contributed by atoms with Crippen LogP contribution < -0.4 is 5.73 Å². The number of benzene rings is 1. The lowest BCUT2D eigenvalue weighted by molar-refractivity contribution is -0.386. The Bertz CT molecular complexity index is 702. The van der Waals surface area contributed by atoms with Crippen LogP contribution in [0.4, 0.5) is 11.4 Å². The van der Waals surface area contributed by atoms with Crippen molar-refractivity contribution in [1.29, 1.82) is 0 Å². The average Bonchev–Trinajstić information content (AvgIpc) is 2.42. The molecule has 0 atom stereocenters. The second kappa shape index (κ2) is 6.13. The summed E-state index contributed by atoms with van der Waals surface area (Å²) in [5.74, 6) is 0.581. The molecule has 0 bridgehead atoms. The molecule has 1 aromatic carbocycles. The lowest BCUT2D eigenvalue weighted by Gasteiger charge is -2.10. The van der Waals surface area contributed by atoms with Crippen LogP contribution in [0.15, 0.2) is 29.3 Å². The van der Waals surface area contributed by atoms with Crippen molar-refractivity contribution in [2.45, 2.75) is 31.4 Å². The van der Waals surface area contributed by atoms with Crippen LogP contribution >= 0.6 is 11.8 Å². The molecule has 5 nitrogen and oxygen atoms in total. The van der Waals surface area contributed by atoms with Gasteiger partial charge in [-0.1, -0.05) is 6.07 Å². The summed E-state index contributed by atoms with van der Waals surface area (Å²) in [5, 5.41) is 11.1. The van der Waals surface area contributed by atoms with Crippen LogP contribution in [0.5, 0.6) is 0 Å². The van der Waals surface area contributed by atoms with E-state index in [4.69, 9.17) is 5.73 Å². The molecular formula is C15H17N3O2S. The van der Waals surface area contributed by atoms with E-state index in [1.807, 2.05) is 25.1 Å². The van der Waals surface area contributed by atoms with Gasteiger partial charge in [0.05, 0.1) is 10.6 Å². The van der Waals surface area contributed by atoms with Gasteiger partial charge in [-0.15, -0.1) is 11.8 Å². The zero-order chi connectivity index (χ0) is 15.6. The number of pyridine rings is 1. The van der Waals surface area contributed by atoms with E-state index in [9.17, 15) is 10.1 Å². The molecule has 2 aromatic rings. The van der Waals surface area contributed by atoms with Gasteiger partial charge in [0.25, 0.3) is 5.69 Å². The van der Waals surface area contributed by atoms with Crippen molar-refractivity contribution >= 4 is 23.1 Å². The average molecular weight is 303 g/mol. The SMILES string of the molecule is Cc1cnc(CSc2cccc(N)c2C)c(C)c1[N+](=O)[O-]. The van der Waals surface area contributed by atoms with Gasteiger partial charge in [-0.25, -0.2) is 0 Å². The highest BCUT2D eigenvalue weighted by Gasteiger charge is 2.18. The number of rotatable bonds is 4. The number of nitrogens with zero attached hydrogens (tertiary/aromatic N) is 2. The second-order valence-corrected chi connectivity index (χ2v) is 5.89. The van der Waals surface area contributed by atoms with Crippen molar-refractivity contribution in [3.63, 3.8) is 0 Å². The molecule has 0 spiro atoms. The zero-order valence-electron chi connectivity index (χ0n) is 12.2. The molecule has 1 aromatic heterocycles. The van der Waals surface area contributed by atoms with Crippen LogP contribution in [0.25, 0.3) is 0 Å². The molecule has 21 heavy (non-hydrogen) atoms. The molecule has 2 rings (SSSR count). The van der Waals surface area contributed by atoms with Crippen molar-refractivity contribution in [1.82, 2.24) is 4.98 Å². The Hall–Kier alpha value is -2.08. The largest absolute Gasteiger partial charge is 0.398 e. The molecule has 0 saturated heterocycles. The van der Waals surface area contributed by atoms with Gasteiger partial charge in [-0.3, -0.25) is 15.1 Å². The molecule has 0 aliphatic rings. The summed E-state index contributed by atoms with van der Waals surface area (Å²) in [6.07, 6.45) is 1.56. The van der Waals surface area contributed by atoms with Crippen LogP contribution in [0, 0.1) is 30.9 Å². The fourth-order valence-corrected chi connectivity index (χ4v) is 3.22. The highest BCUT2D eigenvalue weighted by molar-refractivity contribution is 7.98. The molecular weight excluding hydrogens is 286 g/mol. The third-order valence-corrected chi connectivity index (χ3v) is 4.62. The molecule has 2 N–H and O–H groups in total. The first-order chi connectivity index (χ1) is 9.91. The van der Waals surface area contributed by atoms with E-state index >= 15 is 0 Å². The van der Waals surface area contributed by atoms with Gasteiger partial charge in [-0.05, 0) is 38.5 Å². The van der Waals surface area contributed by atoms with Gasteiger partial charge < -0.3 is 5.73 Å². The Labute approximate surface area is 127 Å². The number of hydrogen-bond donors (Lipinski definition) is 1. The predicted octanol–water partition coefficient (Wildman–Crippen LogP) is 3.79. The first kappa shape index (κ1) is 15.3. The minimum Gasteiger partial charge on any atom is -0.398 e. The van der Waals surface area contributed by atoms with Crippen molar-refractivity contribution in [2.24, 2.45) is 0 Å². The minimum absolute atomic E-state index is 0.157. The van der Waals surface area contributed by atoms with E-state index < -0.39 is 0 Å². The summed E-state index contributed by atoms with van der Waals surface area (Å²) in [7, 11) is 0. The molecule has 110 valence electrons. The highest BCUT2D eigenvalue weighted by atomic mass is 32.2. The summed E-state index contributed by atoms with van der Waals surface area (Å²) in [6, 6.07) is 5.76. The third kappa shape index (κ3) is 3.16. The maximum Gasteiger partial charge on any atom is 0.278 e. The van der Waals surface area contributed by atoms with Crippen molar-refractivity contribution in [2.75, 3.05) is 5.73 Å². The van der Waals surface area contributed by atoms with Crippen molar-refractivity contribution < 1.29 is 4.92 Å². The highest BCUT2D eigenvalue weighted by Crippen LogP contribution is 2.31. The van der Waals surface area contributed by atoms with E-state index in [-0.39, 0.29) is 10.6 Å². The Morgan fingerprint density at radius 1 is 1.29 bits per heavy atom. The summed E-state index contributed by atoms with van der Waals surface area (Å²) in [5.41, 5.74) is 9.78. The van der Waals surface area contributed by atoms with Crippen LogP contribution in [0.2, 0.25) is 0 Å². The molecule has 0 unspecified atom stereocenters. The van der Waals surface area contributed by atoms with Gasteiger partial charge in [-0.2, -0.15) is 0 Å². The number of aromatic nitrogens is 1. The van der Waals surface area contributed by atoms with Gasteiger partial charge in [0.15, 0.2) is 0 Å². The van der Waals surface area contributed by atoms with Gasteiger partial charge in [0, 0.05) is 33.7 Å². The molecule has 6 heteroatoms. The number of aryl methyl sites for hydroxylation is 1. The molecule has 1 heterocycles. The fourth-order valence-electron chi connectivity index (χ4n) is 2.13. The molecule has 0 radical (unpaired) electrons. The molecule has 0 amide bonds. The second-order valence-electron chi connectivity index (χ2n) is 4.88. The Morgan fingerprint density at radius 2 is 2.00 bits per heavy atom. The van der Waals surface area contributed by atoms with Crippen LogP contribution in [-0.2, 0) is 5.75 Å². The fraction of sp³-hybridized carbons (Fsp3) is 0.267. The van der Waals surface area contributed by atoms with E-state index in [2.05, 4.69) is 4.98 Å². The predicted molar refractivity (Wildman–Crippen MR) is 85.5 cm³/mol. The summed E-state index contributed by atoms with van der Waals surface area (Å²) < 4.78 is 0. The number of hydrogen-bond acceptors (Lipinski definition) is 5. The third-order valence-electron chi connectivity index (χ3n) is 3.45. The summed E-state index contributed by atoms with van der Waals surface area (Å²) in [6.45, 7) is 5.42. The van der Waals surface area contributed by atoms with E-state index in [1.54, 1.807) is 31.8 Å². The smallest absolute Gasteiger partial charge is 0.278 e. The first-order valence-corrected chi connectivity index (χ1v) is 7.47. The lowest BCUT2D eigenvalue weighted by Crippen LogP contribution is -2.01. The molecule has 0 aliphatic heterocycles. The Balaban J connectivity index is 2.27. The van der Waals surface area contributed by atoms with E-state index in [0.29, 0.717) is 16.9 Å². The first-order valence-electron chi connectivity index (χ1n) is 6.49.